The number of piperidine rings is 1. The fourth-order valence-corrected chi connectivity index (χ4v) is 5.29. The van der Waals surface area contributed by atoms with Gasteiger partial charge in [0, 0.05) is 23.8 Å². The first-order chi connectivity index (χ1) is 13.9. The van der Waals surface area contributed by atoms with Crippen LogP contribution in [0.2, 0.25) is 0 Å². The Hall–Kier alpha value is -2.89. The Bertz CT molecular complexity index is 1040. The average Bonchev–Trinajstić information content (AvgIpc) is 2.74. The van der Waals surface area contributed by atoms with Crippen molar-refractivity contribution in [1.29, 1.82) is 5.26 Å². The SMILES string of the molecule is COc1ccc(C(=O)Nc2ccc(C#N)cc2)cc1S(=O)(=O)N1CCCC[C@H]1C. The first-order valence-electron chi connectivity index (χ1n) is 9.38. The predicted octanol–water partition coefficient (Wildman–Crippen LogP) is 3.38. The molecule has 29 heavy (non-hydrogen) atoms. The summed E-state index contributed by atoms with van der Waals surface area (Å²) in [5, 5.41) is 11.6. The lowest BCUT2D eigenvalue weighted by atomic mass is 10.1. The Morgan fingerprint density at radius 2 is 1.93 bits per heavy atom. The van der Waals surface area contributed by atoms with Crippen LogP contribution in [0, 0.1) is 11.3 Å². The second-order valence-corrected chi connectivity index (χ2v) is 8.83. The number of carbonyl (C=O) groups is 1. The van der Waals surface area contributed by atoms with Crippen molar-refractivity contribution in [3.05, 3.63) is 53.6 Å². The van der Waals surface area contributed by atoms with E-state index in [0.717, 1.165) is 19.3 Å². The van der Waals surface area contributed by atoms with Gasteiger partial charge in [0.15, 0.2) is 0 Å². The Morgan fingerprint density at radius 3 is 2.55 bits per heavy atom. The molecule has 1 heterocycles. The molecule has 1 atom stereocenters. The molecule has 1 N–H and O–H groups in total. The number of rotatable bonds is 5. The van der Waals surface area contributed by atoms with E-state index in [-0.39, 0.29) is 22.3 Å². The van der Waals surface area contributed by atoms with Crippen LogP contribution in [0.1, 0.15) is 42.1 Å². The van der Waals surface area contributed by atoms with Crippen LogP contribution in [-0.4, -0.2) is 38.3 Å². The summed E-state index contributed by atoms with van der Waals surface area (Å²) in [5.41, 5.74) is 1.20. The fraction of sp³-hybridized carbons (Fsp3) is 0.333. The zero-order valence-electron chi connectivity index (χ0n) is 16.4. The van der Waals surface area contributed by atoms with Crippen molar-refractivity contribution in [1.82, 2.24) is 4.31 Å². The number of nitriles is 1. The largest absolute Gasteiger partial charge is 0.495 e. The summed E-state index contributed by atoms with van der Waals surface area (Å²) in [6, 6.07) is 12.7. The Kier molecular flexibility index (Phi) is 6.20. The predicted molar refractivity (Wildman–Crippen MR) is 109 cm³/mol. The highest BCUT2D eigenvalue weighted by atomic mass is 32.2. The van der Waals surface area contributed by atoms with Gasteiger partial charge in [0.05, 0.1) is 18.7 Å². The fourth-order valence-electron chi connectivity index (χ4n) is 3.41. The van der Waals surface area contributed by atoms with Gasteiger partial charge in [0.2, 0.25) is 10.0 Å². The van der Waals surface area contributed by atoms with Gasteiger partial charge in [0.1, 0.15) is 10.6 Å². The van der Waals surface area contributed by atoms with Crippen molar-refractivity contribution in [2.75, 3.05) is 19.0 Å². The molecule has 1 amide bonds. The minimum atomic E-state index is -3.80. The van der Waals surface area contributed by atoms with Crippen molar-refractivity contribution >= 4 is 21.6 Å². The van der Waals surface area contributed by atoms with Crippen LogP contribution < -0.4 is 10.1 Å². The molecular formula is C21H23N3O4S. The summed E-state index contributed by atoms with van der Waals surface area (Å²) in [4.78, 5) is 12.6. The van der Waals surface area contributed by atoms with Crippen LogP contribution in [0.4, 0.5) is 5.69 Å². The summed E-state index contributed by atoms with van der Waals surface area (Å²) < 4.78 is 33.3. The molecule has 0 unspecified atom stereocenters. The maximum atomic E-state index is 13.3. The molecule has 1 fully saturated rings. The zero-order valence-corrected chi connectivity index (χ0v) is 17.2. The van der Waals surface area contributed by atoms with Gasteiger partial charge in [-0.1, -0.05) is 6.42 Å². The Morgan fingerprint density at radius 1 is 1.21 bits per heavy atom. The number of anilines is 1. The molecule has 0 spiro atoms. The minimum Gasteiger partial charge on any atom is -0.495 e. The number of nitrogens with zero attached hydrogens (tertiary/aromatic N) is 2. The first kappa shape index (κ1) is 20.8. The molecule has 2 aromatic carbocycles. The van der Waals surface area contributed by atoms with E-state index in [4.69, 9.17) is 10.00 Å². The maximum absolute atomic E-state index is 13.3. The average molecular weight is 413 g/mol. The van der Waals surface area contributed by atoms with Crippen LogP contribution in [-0.2, 0) is 10.0 Å². The summed E-state index contributed by atoms with van der Waals surface area (Å²) in [6.07, 6.45) is 2.61. The van der Waals surface area contributed by atoms with Gasteiger partial charge >= 0.3 is 0 Å². The number of hydrogen-bond acceptors (Lipinski definition) is 5. The monoisotopic (exact) mass is 413 g/mol. The quantitative estimate of drug-likeness (QED) is 0.810. The van der Waals surface area contributed by atoms with Gasteiger partial charge in [-0.15, -0.1) is 0 Å². The highest BCUT2D eigenvalue weighted by molar-refractivity contribution is 7.89. The van der Waals surface area contributed by atoms with Crippen molar-refractivity contribution in [2.24, 2.45) is 0 Å². The molecule has 1 aliphatic rings. The van der Waals surface area contributed by atoms with Crippen LogP contribution in [0.25, 0.3) is 0 Å². The molecule has 1 aliphatic heterocycles. The van der Waals surface area contributed by atoms with E-state index in [0.29, 0.717) is 17.8 Å². The van der Waals surface area contributed by atoms with Crippen molar-refractivity contribution < 1.29 is 17.9 Å². The minimum absolute atomic E-state index is 0.0128. The van der Waals surface area contributed by atoms with Crippen LogP contribution in [0.5, 0.6) is 5.75 Å². The van der Waals surface area contributed by atoms with Crippen molar-refractivity contribution in [2.45, 2.75) is 37.1 Å². The van der Waals surface area contributed by atoms with Crippen molar-refractivity contribution in [3.8, 4) is 11.8 Å². The van der Waals surface area contributed by atoms with Gasteiger partial charge < -0.3 is 10.1 Å². The van der Waals surface area contributed by atoms with Gasteiger partial charge in [-0.2, -0.15) is 9.57 Å². The van der Waals surface area contributed by atoms with E-state index in [2.05, 4.69) is 5.32 Å². The number of hydrogen-bond donors (Lipinski definition) is 1. The number of sulfonamides is 1. The molecule has 7 nitrogen and oxygen atoms in total. The number of carbonyl (C=O) groups excluding carboxylic acids is 1. The highest BCUT2D eigenvalue weighted by Gasteiger charge is 2.33. The third-order valence-electron chi connectivity index (χ3n) is 5.03. The smallest absolute Gasteiger partial charge is 0.255 e. The molecule has 152 valence electrons. The summed E-state index contributed by atoms with van der Waals surface area (Å²) in [6.45, 7) is 2.35. The maximum Gasteiger partial charge on any atom is 0.255 e. The number of ether oxygens (including phenoxy) is 1. The first-order valence-corrected chi connectivity index (χ1v) is 10.8. The molecule has 8 heteroatoms. The van der Waals surface area contributed by atoms with Crippen molar-refractivity contribution in [3.63, 3.8) is 0 Å². The number of amides is 1. The second-order valence-electron chi connectivity index (χ2n) is 6.97. The van der Waals surface area contributed by atoms with Crippen LogP contribution in [0.15, 0.2) is 47.4 Å². The molecular weight excluding hydrogens is 390 g/mol. The lowest BCUT2D eigenvalue weighted by molar-refractivity contribution is 0.102. The standard InChI is InChI=1S/C21H23N3O4S/c1-15-5-3-4-12-24(15)29(26,27)20-13-17(8-11-19(20)28-2)21(25)23-18-9-6-16(14-22)7-10-18/h6-11,13,15H,3-5,12H2,1-2H3,(H,23,25)/t15-/m1/s1. The lowest BCUT2D eigenvalue weighted by Gasteiger charge is -2.32. The molecule has 3 rings (SSSR count). The molecule has 0 radical (unpaired) electrons. The van der Waals surface area contributed by atoms with Crippen LogP contribution >= 0.6 is 0 Å². The van der Waals surface area contributed by atoms with Gasteiger partial charge in [-0.25, -0.2) is 8.42 Å². The summed E-state index contributed by atoms with van der Waals surface area (Å²) in [5.74, 6) is -0.238. The molecule has 1 saturated heterocycles. The summed E-state index contributed by atoms with van der Waals surface area (Å²) in [7, 11) is -2.39. The number of methoxy groups -OCH3 is 1. The molecule has 0 aliphatic carbocycles. The number of benzene rings is 2. The lowest BCUT2D eigenvalue weighted by Crippen LogP contribution is -2.42. The molecule has 0 bridgehead atoms. The normalized spacial score (nSPS) is 17.3. The topological polar surface area (TPSA) is 99.5 Å². The van der Waals surface area contributed by atoms with Gasteiger partial charge in [0.25, 0.3) is 5.91 Å². The molecule has 0 saturated carbocycles. The van der Waals surface area contributed by atoms with E-state index in [9.17, 15) is 13.2 Å². The van der Waals surface area contributed by atoms with E-state index in [1.165, 1.54) is 29.6 Å². The Labute approximate surface area is 171 Å². The highest BCUT2D eigenvalue weighted by Crippen LogP contribution is 2.31. The van der Waals surface area contributed by atoms with E-state index in [1.807, 2.05) is 13.0 Å². The van der Waals surface area contributed by atoms with E-state index < -0.39 is 15.9 Å². The zero-order chi connectivity index (χ0) is 21.0. The van der Waals surface area contributed by atoms with E-state index >= 15 is 0 Å². The van der Waals surface area contributed by atoms with E-state index in [1.54, 1.807) is 24.3 Å². The number of nitrogens with one attached hydrogen (secondary N) is 1. The summed E-state index contributed by atoms with van der Waals surface area (Å²) >= 11 is 0. The third-order valence-corrected chi connectivity index (χ3v) is 7.06. The second kappa shape index (κ2) is 8.64. The Balaban J connectivity index is 1.91. The third kappa shape index (κ3) is 4.42. The van der Waals surface area contributed by atoms with Crippen LogP contribution in [0.3, 0.4) is 0 Å². The molecule has 0 aromatic heterocycles. The van der Waals surface area contributed by atoms with Gasteiger partial charge in [-0.3, -0.25) is 4.79 Å². The molecule has 2 aromatic rings. The van der Waals surface area contributed by atoms with Gasteiger partial charge in [-0.05, 0) is 62.2 Å².